The normalized spacial score (nSPS) is 16.6. The second kappa shape index (κ2) is 7.80. The van der Waals surface area contributed by atoms with Crippen LogP contribution in [0.25, 0.3) is 5.69 Å². The van der Waals surface area contributed by atoms with E-state index in [1.807, 2.05) is 37.3 Å². The zero-order chi connectivity index (χ0) is 17.7. The van der Waals surface area contributed by atoms with Gasteiger partial charge in [-0.1, -0.05) is 18.2 Å². The SMILES string of the molecule is COCC1(CNC(=O)c2cnn(-c3ccccc3)c2C)CCNCC1. The van der Waals surface area contributed by atoms with Crippen LogP contribution >= 0.6 is 0 Å². The van der Waals surface area contributed by atoms with Gasteiger partial charge in [-0.05, 0) is 45.0 Å². The van der Waals surface area contributed by atoms with Crippen LogP contribution in [-0.4, -0.2) is 49.0 Å². The molecule has 0 aliphatic carbocycles. The highest BCUT2D eigenvalue weighted by Gasteiger charge is 2.32. The highest BCUT2D eigenvalue weighted by molar-refractivity contribution is 5.95. The Morgan fingerprint density at radius 1 is 1.32 bits per heavy atom. The van der Waals surface area contributed by atoms with Gasteiger partial charge in [-0.3, -0.25) is 4.79 Å². The fourth-order valence-corrected chi connectivity index (χ4v) is 3.46. The highest BCUT2D eigenvalue weighted by Crippen LogP contribution is 2.28. The van der Waals surface area contributed by atoms with E-state index in [0.29, 0.717) is 18.7 Å². The summed E-state index contributed by atoms with van der Waals surface area (Å²) in [6, 6.07) is 9.84. The number of carbonyl (C=O) groups excluding carboxylic acids is 1. The van der Waals surface area contributed by atoms with E-state index in [1.165, 1.54) is 0 Å². The van der Waals surface area contributed by atoms with Crippen molar-refractivity contribution < 1.29 is 9.53 Å². The van der Waals surface area contributed by atoms with Crippen molar-refractivity contribution in [2.75, 3.05) is 33.4 Å². The van der Waals surface area contributed by atoms with E-state index in [0.717, 1.165) is 37.3 Å². The second-order valence-electron chi connectivity index (χ2n) is 6.76. The molecule has 1 aliphatic rings. The molecule has 1 aromatic heterocycles. The van der Waals surface area contributed by atoms with Crippen molar-refractivity contribution in [2.45, 2.75) is 19.8 Å². The summed E-state index contributed by atoms with van der Waals surface area (Å²) in [7, 11) is 1.72. The number of aromatic nitrogens is 2. The number of para-hydroxylation sites is 1. The van der Waals surface area contributed by atoms with Crippen LogP contribution in [0.2, 0.25) is 0 Å². The van der Waals surface area contributed by atoms with Crippen LogP contribution in [0.4, 0.5) is 0 Å². The van der Waals surface area contributed by atoms with Crippen molar-refractivity contribution in [3.05, 3.63) is 47.8 Å². The Morgan fingerprint density at radius 2 is 2.04 bits per heavy atom. The van der Waals surface area contributed by atoms with Crippen molar-refractivity contribution in [2.24, 2.45) is 5.41 Å². The number of rotatable bonds is 6. The van der Waals surface area contributed by atoms with Gasteiger partial charge in [0.25, 0.3) is 5.91 Å². The molecule has 1 aliphatic heterocycles. The second-order valence-corrected chi connectivity index (χ2v) is 6.76. The van der Waals surface area contributed by atoms with Crippen LogP contribution in [0.3, 0.4) is 0 Å². The van der Waals surface area contributed by atoms with Gasteiger partial charge in [-0.15, -0.1) is 0 Å². The molecule has 6 heteroatoms. The lowest BCUT2D eigenvalue weighted by Crippen LogP contribution is -2.47. The molecule has 2 heterocycles. The Balaban J connectivity index is 1.70. The van der Waals surface area contributed by atoms with E-state index in [1.54, 1.807) is 18.0 Å². The Labute approximate surface area is 148 Å². The van der Waals surface area contributed by atoms with Gasteiger partial charge in [-0.2, -0.15) is 5.10 Å². The molecule has 1 saturated heterocycles. The van der Waals surface area contributed by atoms with Crippen LogP contribution in [0, 0.1) is 12.3 Å². The summed E-state index contributed by atoms with van der Waals surface area (Å²) in [5.74, 6) is -0.0753. The molecule has 2 aromatic rings. The lowest BCUT2D eigenvalue weighted by Gasteiger charge is -2.37. The molecule has 0 spiro atoms. The molecule has 0 atom stereocenters. The van der Waals surface area contributed by atoms with Crippen molar-refractivity contribution in [1.82, 2.24) is 20.4 Å². The summed E-state index contributed by atoms with van der Waals surface area (Å²) in [5, 5.41) is 10.8. The van der Waals surface area contributed by atoms with Gasteiger partial charge in [0.1, 0.15) is 0 Å². The van der Waals surface area contributed by atoms with Gasteiger partial charge in [0.15, 0.2) is 0 Å². The highest BCUT2D eigenvalue weighted by atomic mass is 16.5. The van der Waals surface area contributed by atoms with Gasteiger partial charge in [0, 0.05) is 19.1 Å². The maximum atomic E-state index is 12.7. The van der Waals surface area contributed by atoms with Gasteiger partial charge < -0.3 is 15.4 Å². The van der Waals surface area contributed by atoms with Crippen LogP contribution in [0.1, 0.15) is 28.9 Å². The minimum atomic E-state index is -0.0753. The first-order chi connectivity index (χ1) is 12.2. The molecule has 1 amide bonds. The fraction of sp³-hybridized carbons (Fsp3) is 0.474. The average molecular weight is 342 g/mol. The van der Waals surface area contributed by atoms with Crippen LogP contribution in [-0.2, 0) is 4.74 Å². The first-order valence-corrected chi connectivity index (χ1v) is 8.73. The third-order valence-electron chi connectivity index (χ3n) is 4.99. The molecular weight excluding hydrogens is 316 g/mol. The molecule has 0 saturated carbocycles. The third kappa shape index (κ3) is 3.91. The minimum absolute atomic E-state index is 0.0129. The van der Waals surface area contributed by atoms with Crippen molar-refractivity contribution >= 4 is 5.91 Å². The van der Waals surface area contributed by atoms with Crippen molar-refractivity contribution in [1.29, 1.82) is 0 Å². The summed E-state index contributed by atoms with van der Waals surface area (Å²) < 4.78 is 7.21. The number of benzene rings is 1. The number of nitrogens with zero attached hydrogens (tertiary/aromatic N) is 2. The number of methoxy groups -OCH3 is 1. The Hall–Kier alpha value is -2.18. The van der Waals surface area contributed by atoms with Gasteiger partial charge >= 0.3 is 0 Å². The lowest BCUT2D eigenvalue weighted by atomic mass is 9.79. The van der Waals surface area contributed by atoms with Gasteiger partial charge in [-0.25, -0.2) is 4.68 Å². The molecule has 0 unspecified atom stereocenters. The Bertz CT molecular complexity index is 700. The number of amides is 1. The number of hydrogen-bond acceptors (Lipinski definition) is 4. The summed E-state index contributed by atoms with van der Waals surface area (Å²) in [4.78, 5) is 12.7. The first kappa shape index (κ1) is 17.6. The summed E-state index contributed by atoms with van der Waals surface area (Å²) in [6.07, 6.45) is 3.65. The van der Waals surface area contributed by atoms with E-state index in [9.17, 15) is 4.79 Å². The topological polar surface area (TPSA) is 68.2 Å². The van der Waals surface area contributed by atoms with E-state index >= 15 is 0 Å². The monoisotopic (exact) mass is 342 g/mol. The van der Waals surface area contributed by atoms with Crippen LogP contribution < -0.4 is 10.6 Å². The molecule has 25 heavy (non-hydrogen) atoms. The summed E-state index contributed by atoms with van der Waals surface area (Å²) >= 11 is 0. The summed E-state index contributed by atoms with van der Waals surface area (Å²) in [5.41, 5.74) is 2.42. The van der Waals surface area contributed by atoms with Gasteiger partial charge in [0.2, 0.25) is 0 Å². The molecule has 0 radical (unpaired) electrons. The first-order valence-electron chi connectivity index (χ1n) is 8.73. The zero-order valence-corrected chi connectivity index (χ0v) is 14.9. The standard InChI is InChI=1S/C19H26N4O2/c1-15-17(12-22-23(15)16-6-4-3-5-7-16)18(24)21-13-19(14-25-2)8-10-20-11-9-19/h3-7,12,20H,8-11,13-14H2,1-2H3,(H,21,24). The molecular formula is C19H26N4O2. The average Bonchev–Trinajstić information content (AvgIpc) is 3.03. The minimum Gasteiger partial charge on any atom is -0.384 e. The van der Waals surface area contributed by atoms with E-state index in [-0.39, 0.29) is 11.3 Å². The molecule has 1 fully saturated rings. The Morgan fingerprint density at radius 3 is 2.72 bits per heavy atom. The number of hydrogen-bond donors (Lipinski definition) is 2. The Kier molecular flexibility index (Phi) is 5.50. The fourth-order valence-electron chi connectivity index (χ4n) is 3.46. The molecule has 2 N–H and O–H groups in total. The van der Waals surface area contributed by atoms with E-state index in [4.69, 9.17) is 4.74 Å². The van der Waals surface area contributed by atoms with Crippen LogP contribution in [0.5, 0.6) is 0 Å². The number of carbonyl (C=O) groups is 1. The summed E-state index contributed by atoms with van der Waals surface area (Å²) in [6.45, 7) is 5.13. The molecule has 1 aromatic carbocycles. The molecule has 0 bridgehead atoms. The number of piperidine rings is 1. The smallest absolute Gasteiger partial charge is 0.254 e. The number of nitrogens with one attached hydrogen (secondary N) is 2. The molecule has 3 rings (SSSR count). The maximum absolute atomic E-state index is 12.7. The van der Waals surface area contributed by atoms with Crippen molar-refractivity contribution in [3.63, 3.8) is 0 Å². The number of ether oxygens (including phenoxy) is 1. The molecule has 134 valence electrons. The van der Waals surface area contributed by atoms with Gasteiger partial charge in [0.05, 0.1) is 29.7 Å². The predicted molar refractivity (Wildman–Crippen MR) is 97.0 cm³/mol. The quantitative estimate of drug-likeness (QED) is 0.842. The van der Waals surface area contributed by atoms with Crippen molar-refractivity contribution in [3.8, 4) is 5.69 Å². The lowest BCUT2D eigenvalue weighted by molar-refractivity contribution is 0.0511. The zero-order valence-electron chi connectivity index (χ0n) is 14.9. The maximum Gasteiger partial charge on any atom is 0.254 e. The third-order valence-corrected chi connectivity index (χ3v) is 4.99. The predicted octanol–water partition coefficient (Wildman–Crippen LogP) is 1.93. The largest absolute Gasteiger partial charge is 0.384 e. The van der Waals surface area contributed by atoms with E-state index in [2.05, 4.69) is 15.7 Å². The molecule has 6 nitrogen and oxygen atoms in total. The van der Waals surface area contributed by atoms with E-state index < -0.39 is 0 Å². The van der Waals surface area contributed by atoms with Crippen LogP contribution in [0.15, 0.2) is 36.5 Å².